The normalized spacial score (nSPS) is 13.3. The minimum atomic E-state index is -0.461. The number of nitrogens with zero attached hydrogens (tertiary/aromatic N) is 3. The third-order valence-electron chi connectivity index (χ3n) is 10.1. The van der Waals surface area contributed by atoms with Crippen LogP contribution in [0.2, 0.25) is 0 Å². The fourth-order valence-electron chi connectivity index (χ4n) is 8.07. The Kier molecular flexibility index (Phi) is 5.86. The van der Waals surface area contributed by atoms with E-state index in [1.807, 2.05) is 60.7 Å². The van der Waals surface area contributed by atoms with Gasteiger partial charge in [-0.05, 0) is 61.7 Å². The van der Waals surface area contributed by atoms with E-state index in [1.54, 1.807) is 0 Å². The lowest BCUT2D eigenvalue weighted by atomic mass is 9.70. The predicted octanol–water partition coefficient (Wildman–Crippen LogP) is 10.9. The van der Waals surface area contributed by atoms with Gasteiger partial charge in [0.1, 0.15) is 0 Å². The van der Waals surface area contributed by atoms with Gasteiger partial charge in [-0.1, -0.05) is 170 Å². The maximum absolute atomic E-state index is 8.73. The van der Waals surface area contributed by atoms with Crippen LogP contribution in [0.4, 0.5) is 0 Å². The van der Waals surface area contributed by atoms with Crippen LogP contribution in [-0.4, -0.2) is 15.0 Å². The highest BCUT2D eigenvalue weighted by atomic mass is 15.0. The number of fused-ring (bicyclic) bond motifs is 10. The summed E-state index contributed by atoms with van der Waals surface area (Å²) in [5.41, 5.74) is 14.2. The van der Waals surface area contributed by atoms with Crippen LogP contribution in [-0.2, 0) is 5.41 Å². The number of hydrogen-bond donors (Lipinski definition) is 0. The Morgan fingerprint density at radius 2 is 0.816 bits per heavy atom. The van der Waals surface area contributed by atoms with Gasteiger partial charge in [0.25, 0.3) is 0 Å². The lowest BCUT2D eigenvalue weighted by molar-refractivity contribution is 0.794. The lowest BCUT2D eigenvalue weighted by Crippen LogP contribution is -2.25. The van der Waals surface area contributed by atoms with Crippen LogP contribution in [0.5, 0.6) is 0 Å². The largest absolute Gasteiger partial charge is 0.208 e. The Balaban J connectivity index is 1.25. The topological polar surface area (TPSA) is 38.7 Å². The standard InChI is InChI=1S/C46H29N3/c1-3-15-30(16-4-1)32-19-13-20-33(29-32)44-47-43(31-17-5-2-6-18-31)48-45(49-44)37-24-14-28-41-42(37)36-23-9-12-27-40(36)46(41)38-25-10-7-21-34(38)35-22-8-11-26-39(35)46/h1-29H/i13D. The van der Waals surface area contributed by atoms with Crippen molar-refractivity contribution in [3.05, 3.63) is 198 Å². The van der Waals surface area contributed by atoms with E-state index in [-0.39, 0.29) is 0 Å². The second-order valence-electron chi connectivity index (χ2n) is 12.7. The minimum Gasteiger partial charge on any atom is -0.208 e. The second kappa shape index (κ2) is 10.8. The molecule has 0 bridgehead atoms. The molecule has 1 spiro atoms. The van der Waals surface area contributed by atoms with Crippen molar-refractivity contribution in [1.82, 2.24) is 15.0 Å². The minimum absolute atomic E-state index is 0.402. The molecule has 2 aliphatic carbocycles. The van der Waals surface area contributed by atoms with Crippen LogP contribution in [0.1, 0.15) is 23.6 Å². The van der Waals surface area contributed by atoms with Crippen molar-refractivity contribution in [3.8, 4) is 67.5 Å². The first-order chi connectivity index (χ1) is 24.7. The Hall–Kier alpha value is -6.45. The summed E-state index contributed by atoms with van der Waals surface area (Å²) >= 11 is 0. The number of aromatic nitrogens is 3. The maximum Gasteiger partial charge on any atom is 0.164 e. The smallest absolute Gasteiger partial charge is 0.164 e. The molecule has 3 nitrogen and oxygen atoms in total. The molecule has 0 saturated carbocycles. The molecule has 0 amide bonds. The summed E-state index contributed by atoms with van der Waals surface area (Å²) in [5.74, 6) is 1.74. The molecule has 0 saturated heterocycles. The monoisotopic (exact) mass is 624 g/mol. The molecule has 2 aliphatic rings. The molecule has 8 aromatic rings. The molecule has 0 radical (unpaired) electrons. The zero-order chi connectivity index (χ0) is 33.2. The summed E-state index contributed by atoms with van der Waals surface area (Å²) in [6.07, 6.45) is 0. The van der Waals surface area contributed by atoms with Gasteiger partial charge in [-0.3, -0.25) is 0 Å². The van der Waals surface area contributed by atoms with Crippen LogP contribution >= 0.6 is 0 Å². The fourth-order valence-corrected chi connectivity index (χ4v) is 8.07. The number of benzene rings is 7. The predicted molar refractivity (Wildman–Crippen MR) is 198 cm³/mol. The summed E-state index contributed by atoms with van der Waals surface area (Å²) < 4.78 is 8.73. The van der Waals surface area contributed by atoms with Crippen LogP contribution < -0.4 is 0 Å². The average molecular weight is 625 g/mol. The number of hydrogen-bond acceptors (Lipinski definition) is 3. The molecule has 7 aromatic carbocycles. The van der Waals surface area contributed by atoms with Crippen LogP contribution in [0, 0.1) is 0 Å². The van der Waals surface area contributed by atoms with E-state index in [2.05, 4.69) is 109 Å². The van der Waals surface area contributed by atoms with Gasteiger partial charge in [-0.15, -0.1) is 0 Å². The Labute approximate surface area is 286 Å². The molecular weight excluding hydrogens is 595 g/mol. The highest BCUT2D eigenvalue weighted by Crippen LogP contribution is 2.63. The van der Waals surface area contributed by atoms with E-state index >= 15 is 0 Å². The van der Waals surface area contributed by atoms with Gasteiger partial charge in [0.15, 0.2) is 17.5 Å². The highest BCUT2D eigenvalue weighted by molar-refractivity contribution is 5.99. The van der Waals surface area contributed by atoms with Crippen LogP contribution in [0.15, 0.2) is 176 Å². The Morgan fingerprint density at radius 1 is 0.347 bits per heavy atom. The first kappa shape index (κ1) is 26.6. The molecular formula is C46H29N3. The summed E-state index contributed by atoms with van der Waals surface area (Å²) in [5, 5.41) is 0. The molecule has 0 aliphatic heterocycles. The molecule has 0 N–H and O–H groups in total. The van der Waals surface area contributed by atoms with E-state index in [0.29, 0.717) is 23.5 Å². The molecule has 1 aromatic heterocycles. The summed E-state index contributed by atoms with van der Waals surface area (Å²) in [7, 11) is 0. The van der Waals surface area contributed by atoms with Gasteiger partial charge in [-0.25, -0.2) is 15.0 Å². The average Bonchev–Trinajstić information content (AvgIpc) is 3.66. The van der Waals surface area contributed by atoms with E-state index in [4.69, 9.17) is 16.3 Å². The molecule has 0 fully saturated rings. The molecule has 228 valence electrons. The van der Waals surface area contributed by atoms with E-state index in [9.17, 15) is 0 Å². The third-order valence-corrected chi connectivity index (χ3v) is 10.1. The second-order valence-corrected chi connectivity index (χ2v) is 12.7. The molecule has 3 heteroatoms. The lowest BCUT2D eigenvalue weighted by Gasteiger charge is -2.30. The van der Waals surface area contributed by atoms with Gasteiger partial charge >= 0.3 is 0 Å². The highest BCUT2D eigenvalue weighted by Gasteiger charge is 2.52. The molecule has 1 heterocycles. The summed E-state index contributed by atoms with van der Waals surface area (Å²) in [6.45, 7) is 0. The van der Waals surface area contributed by atoms with Gasteiger partial charge in [0.05, 0.1) is 6.79 Å². The van der Waals surface area contributed by atoms with Crippen molar-refractivity contribution >= 4 is 0 Å². The number of rotatable bonds is 4. The Bertz CT molecular complexity index is 2570. The third kappa shape index (κ3) is 4.06. The van der Waals surface area contributed by atoms with E-state index in [0.717, 1.165) is 33.4 Å². The Morgan fingerprint density at radius 3 is 1.49 bits per heavy atom. The van der Waals surface area contributed by atoms with Crippen LogP contribution in [0.3, 0.4) is 0 Å². The maximum atomic E-state index is 8.73. The molecule has 0 unspecified atom stereocenters. The van der Waals surface area contributed by atoms with Gasteiger partial charge in [0, 0.05) is 16.7 Å². The summed E-state index contributed by atoms with van der Waals surface area (Å²) in [4.78, 5) is 15.4. The van der Waals surface area contributed by atoms with Crippen molar-refractivity contribution in [2.45, 2.75) is 5.41 Å². The molecule has 0 atom stereocenters. The zero-order valence-electron chi connectivity index (χ0n) is 27.5. The van der Waals surface area contributed by atoms with E-state index < -0.39 is 5.41 Å². The molecule has 49 heavy (non-hydrogen) atoms. The van der Waals surface area contributed by atoms with Gasteiger partial charge in [-0.2, -0.15) is 0 Å². The zero-order valence-corrected chi connectivity index (χ0v) is 26.5. The van der Waals surface area contributed by atoms with Crippen molar-refractivity contribution in [2.24, 2.45) is 0 Å². The first-order valence-corrected chi connectivity index (χ1v) is 16.6. The van der Waals surface area contributed by atoms with Gasteiger partial charge < -0.3 is 0 Å². The van der Waals surface area contributed by atoms with Crippen molar-refractivity contribution in [1.29, 1.82) is 0 Å². The van der Waals surface area contributed by atoms with Crippen molar-refractivity contribution < 1.29 is 1.37 Å². The SMILES string of the molecule is [2H]c1cc(-c2ccccc2)cc(-c2nc(-c3ccccc3)nc(-c3cccc4c3-c3ccccc3C43c4ccccc4-c4ccccc43)n2)c1. The molecule has 10 rings (SSSR count). The van der Waals surface area contributed by atoms with E-state index in [1.165, 1.54) is 38.9 Å². The first-order valence-electron chi connectivity index (χ1n) is 17.1. The van der Waals surface area contributed by atoms with Crippen molar-refractivity contribution in [2.75, 3.05) is 0 Å². The fraction of sp³-hybridized carbons (Fsp3) is 0.0217. The van der Waals surface area contributed by atoms with Crippen molar-refractivity contribution in [3.63, 3.8) is 0 Å². The quantitative estimate of drug-likeness (QED) is 0.196. The van der Waals surface area contributed by atoms with Gasteiger partial charge in [0.2, 0.25) is 0 Å². The summed E-state index contributed by atoms with van der Waals surface area (Å²) in [6, 6.07) is 59.5. The van der Waals surface area contributed by atoms with Crippen LogP contribution in [0.25, 0.3) is 67.5 Å².